The Hall–Kier alpha value is -2.30. The first-order chi connectivity index (χ1) is 12.1. The number of carbonyl (C=O) groups is 2. The fraction of sp³-hybridized carbons (Fsp3) is 0.500. The van der Waals surface area contributed by atoms with E-state index in [1.165, 1.54) is 31.6 Å². The third kappa shape index (κ3) is 7.42. The summed E-state index contributed by atoms with van der Waals surface area (Å²) in [5.74, 6) is -1.00. The second-order valence-corrected chi connectivity index (χ2v) is 5.49. The van der Waals surface area contributed by atoms with Crippen LogP contribution in [0.3, 0.4) is 0 Å². The van der Waals surface area contributed by atoms with Gasteiger partial charge in [-0.15, -0.1) is 0 Å². The topological polar surface area (TPSA) is 65.7 Å². The molecular formula is C20H28O5. The fourth-order valence-corrected chi connectivity index (χ4v) is 2.24. The molecule has 0 fully saturated rings. The minimum atomic E-state index is -0.716. The van der Waals surface area contributed by atoms with E-state index < -0.39 is 11.9 Å². The van der Waals surface area contributed by atoms with Gasteiger partial charge in [0, 0.05) is 11.6 Å². The van der Waals surface area contributed by atoms with Crippen molar-refractivity contribution in [3.05, 3.63) is 35.3 Å². The van der Waals surface area contributed by atoms with Crippen LogP contribution in [0.15, 0.2) is 28.4 Å². The number of rotatable bonds is 11. The molecule has 0 spiro atoms. The van der Waals surface area contributed by atoms with Gasteiger partial charge in [-0.1, -0.05) is 38.3 Å². The number of hydrogen-bond acceptors (Lipinski definition) is 5. The monoisotopic (exact) mass is 348 g/mol. The maximum absolute atomic E-state index is 12.0. The van der Waals surface area contributed by atoms with Crippen LogP contribution < -0.4 is 0 Å². The van der Waals surface area contributed by atoms with Gasteiger partial charge in [-0.3, -0.25) is 0 Å². The maximum atomic E-state index is 12.0. The Morgan fingerprint density at radius 3 is 2.32 bits per heavy atom. The number of esters is 2. The summed E-state index contributed by atoms with van der Waals surface area (Å²) in [4.78, 5) is 24.0. The largest absolute Gasteiger partial charge is 0.464 e. The van der Waals surface area contributed by atoms with Crippen molar-refractivity contribution in [1.82, 2.24) is 0 Å². The lowest BCUT2D eigenvalue weighted by molar-refractivity contribution is -0.146. The zero-order valence-electron chi connectivity index (χ0n) is 15.4. The Morgan fingerprint density at radius 1 is 1.04 bits per heavy atom. The van der Waals surface area contributed by atoms with Gasteiger partial charge in [0.05, 0.1) is 19.5 Å². The molecule has 0 atom stereocenters. The molecule has 0 unspecified atom stereocenters. The van der Waals surface area contributed by atoms with Crippen LogP contribution in [0.5, 0.6) is 0 Å². The predicted octanol–water partition coefficient (Wildman–Crippen LogP) is 4.77. The zero-order valence-corrected chi connectivity index (χ0v) is 15.4. The highest BCUT2D eigenvalue weighted by atomic mass is 16.6. The standard InChI is InChI=1S/C20H28O5/c1-4-7-8-9-10-11-12-16-13-14-25-18(16)15-17(19(21)23-5-2)20(22)24-6-3/h11-15H,4-10H2,1-3H3/b12-11-. The van der Waals surface area contributed by atoms with Gasteiger partial charge in [-0.25, -0.2) is 9.59 Å². The average molecular weight is 348 g/mol. The Kier molecular flexibility index (Phi) is 10.1. The summed E-state index contributed by atoms with van der Waals surface area (Å²) in [5.41, 5.74) is 0.637. The number of hydrogen-bond donors (Lipinski definition) is 0. The number of furan rings is 1. The first-order valence-corrected chi connectivity index (χ1v) is 8.93. The number of allylic oxidation sites excluding steroid dienone is 1. The molecule has 1 aromatic heterocycles. The summed E-state index contributed by atoms with van der Waals surface area (Å²) in [7, 11) is 0. The van der Waals surface area contributed by atoms with E-state index in [-0.39, 0.29) is 18.8 Å². The molecular weight excluding hydrogens is 320 g/mol. The van der Waals surface area contributed by atoms with Crippen molar-refractivity contribution in [3.8, 4) is 0 Å². The highest BCUT2D eigenvalue weighted by molar-refractivity contribution is 6.17. The van der Waals surface area contributed by atoms with Crippen molar-refractivity contribution in [1.29, 1.82) is 0 Å². The second kappa shape index (κ2) is 12.1. The van der Waals surface area contributed by atoms with E-state index in [1.54, 1.807) is 19.9 Å². The molecule has 5 nitrogen and oxygen atoms in total. The van der Waals surface area contributed by atoms with Gasteiger partial charge in [0.1, 0.15) is 11.3 Å². The van der Waals surface area contributed by atoms with E-state index in [0.717, 1.165) is 18.4 Å². The minimum absolute atomic E-state index is 0.170. The van der Waals surface area contributed by atoms with Gasteiger partial charge in [-0.2, -0.15) is 0 Å². The lowest BCUT2D eigenvalue weighted by Gasteiger charge is -2.06. The molecule has 0 N–H and O–H groups in total. The van der Waals surface area contributed by atoms with Crippen LogP contribution >= 0.6 is 0 Å². The molecule has 5 heteroatoms. The van der Waals surface area contributed by atoms with E-state index in [0.29, 0.717) is 5.76 Å². The van der Waals surface area contributed by atoms with Crippen LogP contribution in [0.2, 0.25) is 0 Å². The minimum Gasteiger partial charge on any atom is -0.464 e. The molecule has 0 bridgehead atoms. The maximum Gasteiger partial charge on any atom is 0.345 e. The van der Waals surface area contributed by atoms with Crippen LogP contribution in [-0.4, -0.2) is 25.2 Å². The van der Waals surface area contributed by atoms with E-state index in [2.05, 4.69) is 13.0 Å². The van der Waals surface area contributed by atoms with Crippen molar-refractivity contribution >= 4 is 24.1 Å². The van der Waals surface area contributed by atoms with E-state index >= 15 is 0 Å². The molecule has 1 rings (SSSR count). The number of carbonyl (C=O) groups excluding carboxylic acids is 2. The first-order valence-electron chi connectivity index (χ1n) is 8.93. The van der Waals surface area contributed by atoms with Crippen molar-refractivity contribution in [2.24, 2.45) is 0 Å². The van der Waals surface area contributed by atoms with Gasteiger partial charge in [0.25, 0.3) is 0 Å². The molecule has 25 heavy (non-hydrogen) atoms. The SMILES string of the molecule is CCCCCC/C=C\c1ccoc1C=C(C(=O)OCC)C(=O)OCC. The molecule has 0 aromatic carbocycles. The highest BCUT2D eigenvalue weighted by Crippen LogP contribution is 2.18. The van der Waals surface area contributed by atoms with Gasteiger partial charge in [0.15, 0.2) is 0 Å². The van der Waals surface area contributed by atoms with Crippen LogP contribution in [0.25, 0.3) is 12.2 Å². The van der Waals surface area contributed by atoms with E-state index in [9.17, 15) is 9.59 Å². The van der Waals surface area contributed by atoms with Gasteiger partial charge >= 0.3 is 11.9 Å². The zero-order chi connectivity index (χ0) is 18.5. The normalized spacial score (nSPS) is 10.7. The van der Waals surface area contributed by atoms with E-state index in [4.69, 9.17) is 13.9 Å². The second-order valence-electron chi connectivity index (χ2n) is 5.49. The average Bonchev–Trinajstić information content (AvgIpc) is 3.03. The molecule has 1 aromatic rings. The summed E-state index contributed by atoms with van der Waals surface area (Å²) < 4.78 is 15.3. The summed E-state index contributed by atoms with van der Waals surface area (Å²) in [5, 5.41) is 0. The van der Waals surface area contributed by atoms with Crippen LogP contribution in [0.4, 0.5) is 0 Å². The molecule has 0 radical (unpaired) electrons. The first kappa shape index (κ1) is 20.7. The summed E-state index contributed by atoms with van der Waals surface area (Å²) in [6, 6.07) is 1.79. The van der Waals surface area contributed by atoms with E-state index in [1.807, 2.05) is 6.08 Å². The van der Waals surface area contributed by atoms with Crippen LogP contribution in [0.1, 0.15) is 64.2 Å². The smallest absolute Gasteiger partial charge is 0.345 e. The number of unbranched alkanes of at least 4 members (excludes halogenated alkanes) is 4. The summed E-state index contributed by atoms with van der Waals surface area (Å²) in [6.45, 7) is 5.90. The van der Waals surface area contributed by atoms with Crippen molar-refractivity contribution in [3.63, 3.8) is 0 Å². The third-order valence-electron chi connectivity index (χ3n) is 3.52. The Balaban J connectivity index is 2.87. The Morgan fingerprint density at radius 2 is 1.72 bits per heavy atom. The molecule has 0 amide bonds. The number of ether oxygens (including phenoxy) is 2. The molecule has 0 aliphatic carbocycles. The third-order valence-corrected chi connectivity index (χ3v) is 3.52. The van der Waals surface area contributed by atoms with Gasteiger partial charge < -0.3 is 13.9 Å². The fourth-order valence-electron chi connectivity index (χ4n) is 2.24. The van der Waals surface area contributed by atoms with Crippen LogP contribution in [0, 0.1) is 0 Å². The molecule has 138 valence electrons. The lowest BCUT2D eigenvalue weighted by Crippen LogP contribution is -2.18. The molecule has 0 aliphatic rings. The van der Waals surface area contributed by atoms with Gasteiger partial charge in [-0.05, 0) is 32.8 Å². The Labute approximate surface area is 149 Å². The highest BCUT2D eigenvalue weighted by Gasteiger charge is 2.22. The molecule has 0 aliphatic heterocycles. The van der Waals surface area contributed by atoms with Crippen molar-refractivity contribution in [2.45, 2.75) is 52.9 Å². The van der Waals surface area contributed by atoms with Crippen molar-refractivity contribution in [2.75, 3.05) is 13.2 Å². The van der Waals surface area contributed by atoms with Crippen molar-refractivity contribution < 1.29 is 23.5 Å². The Bertz CT molecular complexity index is 575. The molecule has 1 heterocycles. The van der Waals surface area contributed by atoms with Gasteiger partial charge in [0.2, 0.25) is 0 Å². The predicted molar refractivity (Wildman–Crippen MR) is 97.7 cm³/mol. The summed E-state index contributed by atoms with van der Waals surface area (Å²) in [6.07, 6.45) is 12.7. The van der Waals surface area contributed by atoms with Crippen LogP contribution in [-0.2, 0) is 19.1 Å². The lowest BCUT2D eigenvalue weighted by atomic mass is 10.1. The molecule has 0 saturated carbocycles. The molecule has 0 saturated heterocycles. The quantitative estimate of drug-likeness (QED) is 0.189. The summed E-state index contributed by atoms with van der Waals surface area (Å²) >= 11 is 0.